The molecule has 0 fully saturated rings. The molecule has 1 rings (SSSR count). The molecule has 0 spiro atoms. The SMILES string of the molecule is C=C/C=C\C(=N)c1cccc(C(C)=N)c1. The Morgan fingerprint density at radius 3 is 2.53 bits per heavy atom. The molecule has 0 atom stereocenters. The molecule has 0 aliphatic heterocycles. The van der Waals surface area contributed by atoms with Gasteiger partial charge in [0.05, 0.1) is 5.71 Å². The van der Waals surface area contributed by atoms with Crippen LogP contribution in [0.2, 0.25) is 0 Å². The van der Waals surface area contributed by atoms with Gasteiger partial charge < -0.3 is 10.8 Å². The molecule has 1 aromatic carbocycles. The first-order chi connectivity index (χ1) is 7.15. The van der Waals surface area contributed by atoms with E-state index in [2.05, 4.69) is 6.58 Å². The molecule has 0 unspecified atom stereocenters. The molecule has 0 saturated heterocycles. The van der Waals surface area contributed by atoms with E-state index in [-0.39, 0.29) is 0 Å². The van der Waals surface area contributed by atoms with Crippen LogP contribution in [0.15, 0.2) is 49.1 Å². The molecule has 0 heterocycles. The van der Waals surface area contributed by atoms with E-state index in [0.717, 1.165) is 11.1 Å². The normalized spacial score (nSPS) is 10.2. The molecule has 2 N–H and O–H groups in total. The van der Waals surface area contributed by atoms with Crippen molar-refractivity contribution in [1.29, 1.82) is 10.8 Å². The standard InChI is InChI=1S/C13H14N2/c1-3-4-8-13(15)12-7-5-6-11(9-12)10(2)14/h3-9,14-15H,1H2,2H3/b8-4-,14-10?,15-13?. The molecular formula is C13H14N2. The molecule has 2 heteroatoms. The highest BCUT2D eigenvalue weighted by molar-refractivity contribution is 6.08. The third-order valence-electron chi connectivity index (χ3n) is 2.01. The van der Waals surface area contributed by atoms with Gasteiger partial charge in [-0.25, -0.2) is 0 Å². The summed E-state index contributed by atoms with van der Waals surface area (Å²) in [4.78, 5) is 0. The van der Waals surface area contributed by atoms with Gasteiger partial charge in [-0.15, -0.1) is 0 Å². The first-order valence-corrected chi connectivity index (χ1v) is 4.68. The predicted octanol–water partition coefficient (Wildman–Crippen LogP) is 3.18. The molecule has 0 aliphatic carbocycles. The summed E-state index contributed by atoms with van der Waals surface area (Å²) in [7, 11) is 0. The number of benzene rings is 1. The van der Waals surface area contributed by atoms with E-state index in [1.54, 1.807) is 25.2 Å². The van der Waals surface area contributed by atoms with Crippen molar-refractivity contribution in [3.8, 4) is 0 Å². The minimum atomic E-state index is 0.429. The zero-order chi connectivity index (χ0) is 11.3. The molecule has 15 heavy (non-hydrogen) atoms. The number of hydrogen-bond acceptors (Lipinski definition) is 2. The second kappa shape index (κ2) is 5.05. The maximum atomic E-state index is 7.77. The summed E-state index contributed by atoms with van der Waals surface area (Å²) in [6.07, 6.45) is 5.05. The summed E-state index contributed by atoms with van der Waals surface area (Å²) in [6.45, 7) is 5.29. The number of nitrogens with one attached hydrogen (secondary N) is 2. The lowest BCUT2D eigenvalue weighted by Crippen LogP contribution is -1.98. The lowest BCUT2D eigenvalue weighted by atomic mass is 10.0. The van der Waals surface area contributed by atoms with Crippen LogP contribution in [0.5, 0.6) is 0 Å². The summed E-state index contributed by atoms with van der Waals surface area (Å²) >= 11 is 0. The zero-order valence-corrected chi connectivity index (χ0v) is 8.75. The van der Waals surface area contributed by atoms with Gasteiger partial charge in [0.2, 0.25) is 0 Å². The Kier molecular flexibility index (Phi) is 3.75. The van der Waals surface area contributed by atoms with Crippen LogP contribution >= 0.6 is 0 Å². The Hall–Kier alpha value is -1.96. The predicted molar refractivity (Wildman–Crippen MR) is 65.1 cm³/mol. The van der Waals surface area contributed by atoms with E-state index < -0.39 is 0 Å². The Bertz CT molecular complexity index is 428. The summed E-state index contributed by atoms with van der Waals surface area (Å²) in [6, 6.07) is 7.44. The second-order valence-electron chi connectivity index (χ2n) is 3.21. The quantitative estimate of drug-likeness (QED) is 0.551. The molecule has 0 radical (unpaired) electrons. The van der Waals surface area contributed by atoms with E-state index in [4.69, 9.17) is 10.8 Å². The highest BCUT2D eigenvalue weighted by Gasteiger charge is 2.00. The smallest absolute Gasteiger partial charge is 0.0612 e. The Balaban J connectivity index is 3.00. The van der Waals surface area contributed by atoms with Gasteiger partial charge in [-0.05, 0) is 24.6 Å². The second-order valence-corrected chi connectivity index (χ2v) is 3.21. The van der Waals surface area contributed by atoms with Crippen molar-refractivity contribution in [3.63, 3.8) is 0 Å². The lowest BCUT2D eigenvalue weighted by molar-refractivity contribution is 1.44. The fraction of sp³-hybridized carbons (Fsp3) is 0.0769. The van der Waals surface area contributed by atoms with Crippen molar-refractivity contribution in [3.05, 3.63) is 60.2 Å². The van der Waals surface area contributed by atoms with E-state index in [0.29, 0.717) is 11.4 Å². The minimum Gasteiger partial charge on any atom is -0.305 e. The zero-order valence-electron chi connectivity index (χ0n) is 8.75. The molecule has 0 amide bonds. The summed E-state index contributed by atoms with van der Waals surface area (Å²) in [5.41, 5.74) is 2.61. The molecule has 1 aromatic rings. The van der Waals surface area contributed by atoms with Gasteiger partial charge in [-0.3, -0.25) is 0 Å². The van der Waals surface area contributed by atoms with Gasteiger partial charge in [0, 0.05) is 11.3 Å². The number of allylic oxidation sites excluding steroid dienone is 3. The number of hydrogen-bond donors (Lipinski definition) is 2. The Morgan fingerprint density at radius 1 is 1.27 bits per heavy atom. The van der Waals surface area contributed by atoms with Crippen LogP contribution in [-0.2, 0) is 0 Å². The molecule has 0 bridgehead atoms. The average Bonchev–Trinajstić information content (AvgIpc) is 2.26. The number of rotatable bonds is 4. The monoisotopic (exact) mass is 198 g/mol. The average molecular weight is 198 g/mol. The lowest BCUT2D eigenvalue weighted by Gasteiger charge is -2.02. The molecule has 0 aliphatic rings. The van der Waals surface area contributed by atoms with Crippen molar-refractivity contribution in [1.82, 2.24) is 0 Å². The van der Waals surface area contributed by atoms with Gasteiger partial charge in [0.1, 0.15) is 0 Å². The van der Waals surface area contributed by atoms with Gasteiger partial charge in [-0.1, -0.05) is 36.9 Å². The first kappa shape index (κ1) is 11.1. The van der Waals surface area contributed by atoms with Crippen LogP contribution in [0.25, 0.3) is 0 Å². The first-order valence-electron chi connectivity index (χ1n) is 4.68. The fourth-order valence-corrected chi connectivity index (χ4v) is 1.18. The van der Waals surface area contributed by atoms with Crippen LogP contribution in [-0.4, -0.2) is 11.4 Å². The van der Waals surface area contributed by atoms with Crippen LogP contribution in [0.4, 0.5) is 0 Å². The third-order valence-corrected chi connectivity index (χ3v) is 2.01. The van der Waals surface area contributed by atoms with E-state index in [9.17, 15) is 0 Å². The van der Waals surface area contributed by atoms with Crippen molar-refractivity contribution in [2.24, 2.45) is 0 Å². The van der Waals surface area contributed by atoms with Crippen molar-refractivity contribution >= 4 is 11.4 Å². The Morgan fingerprint density at radius 2 is 1.93 bits per heavy atom. The molecule has 0 aromatic heterocycles. The van der Waals surface area contributed by atoms with Gasteiger partial charge >= 0.3 is 0 Å². The van der Waals surface area contributed by atoms with Gasteiger partial charge in [-0.2, -0.15) is 0 Å². The maximum absolute atomic E-state index is 7.77. The van der Waals surface area contributed by atoms with Crippen molar-refractivity contribution in [2.45, 2.75) is 6.92 Å². The summed E-state index contributed by atoms with van der Waals surface area (Å²) < 4.78 is 0. The van der Waals surface area contributed by atoms with Crippen LogP contribution in [0.1, 0.15) is 18.1 Å². The van der Waals surface area contributed by atoms with Crippen LogP contribution in [0.3, 0.4) is 0 Å². The van der Waals surface area contributed by atoms with Gasteiger partial charge in [0.25, 0.3) is 0 Å². The van der Waals surface area contributed by atoms with E-state index in [1.807, 2.05) is 24.3 Å². The molecule has 0 saturated carbocycles. The largest absolute Gasteiger partial charge is 0.305 e. The third kappa shape index (κ3) is 3.02. The summed E-state index contributed by atoms with van der Waals surface area (Å²) in [5.74, 6) is 0. The fourth-order valence-electron chi connectivity index (χ4n) is 1.18. The maximum Gasteiger partial charge on any atom is 0.0612 e. The topological polar surface area (TPSA) is 47.7 Å². The van der Waals surface area contributed by atoms with Crippen LogP contribution in [0, 0.1) is 10.8 Å². The van der Waals surface area contributed by atoms with Gasteiger partial charge in [0.15, 0.2) is 0 Å². The molecular weight excluding hydrogens is 184 g/mol. The Labute approximate surface area is 90.0 Å². The van der Waals surface area contributed by atoms with Crippen LogP contribution < -0.4 is 0 Å². The molecule has 76 valence electrons. The minimum absolute atomic E-state index is 0.429. The van der Waals surface area contributed by atoms with Crippen molar-refractivity contribution in [2.75, 3.05) is 0 Å². The molecule has 2 nitrogen and oxygen atoms in total. The highest BCUT2D eigenvalue weighted by Crippen LogP contribution is 2.07. The summed E-state index contributed by atoms with van der Waals surface area (Å²) in [5, 5.41) is 15.3. The van der Waals surface area contributed by atoms with Crippen molar-refractivity contribution < 1.29 is 0 Å². The highest BCUT2D eigenvalue weighted by atomic mass is 14.4. The van der Waals surface area contributed by atoms with E-state index in [1.165, 1.54) is 0 Å². The van der Waals surface area contributed by atoms with E-state index >= 15 is 0 Å².